The molecule has 0 aliphatic rings. The Bertz CT molecular complexity index is 222. The van der Waals surface area contributed by atoms with Crippen molar-refractivity contribution < 1.29 is 0 Å². The lowest BCUT2D eigenvalue weighted by Crippen LogP contribution is -2.00. The average molecular weight is 154 g/mol. The Kier molecular flexibility index (Phi) is 3.95. The van der Waals surface area contributed by atoms with E-state index in [9.17, 15) is 0 Å². The Labute approximate surface area is 66.7 Å². The minimum atomic E-state index is 0.292. The van der Waals surface area contributed by atoms with Gasteiger partial charge in [0.25, 0.3) is 0 Å². The van der Waals surface area contributed by atoms with Gasteiger partial charge in [-0.05, 0) is 6.92 Å². The van der Waals surface area contributed by atoms with E-state index in [1.165, 1.54) is 0 Å². The van der Waals surface area contributed by atoms with Crippen molar-refractivity contribution in [3.8, 4) is 0 Å². The van der Waals surface area contributed by atoms with E-state index in [0.717, 1.165) is 5.69 Å². The van der Waals surface area contributed by atoms with Gasteiger partial charge in [0.2, 0.25) is 0 Å². The second-order valence-corrected chi connectivity index (χ2v) is 1.78. The Morgan fingerprint density at radius 1 is 1.18 bits per heavy atom. The molecule has 0 radical (unpaired) electrons. The third-order valence-corrected chi connectivity index (χ3v) is 0.950. The maximum absolute atomic E-state index is 5.32. The number of anilines is 2. The molecule has 0 atom stereocenters. The smallest absolute Gasteiger partial charge is 0.166 e. The average Bonchev–Trinajstić information content (AvgIpc) is 2.02. The van der Waals surface area contributed by atoms with Gasteiger partial charge in [0.15, 0.2) is 11.6 Å². The van der Waals surface area contributed by atoms with E-state index in [4.69, 9.17) is 11.5 Å². The van der Waals surface area contributed by atoms with Crippen molar-refractivity contribution in [1.29, 1.82) is 0 Å². The lowest BCUT2D eigenvalue weighted by atomic mass is 10.5. The highest BCUT2D eigenvalue weighted by molar-refractivity contribution is 5.51. The summed E-state index contributed by atoms with van der Waals surface area (Å²) in [7, 11) is 0. The Balaban J connectivity index is 0.000000461. The van der Waals surface area contributed by atoms with Gasteiger partial charge in [-0.25, -0.2) is 9.97 Å². The SMILES string of the molecule is CC.Cc1cnc(N)c(N)n1. The second-order valence-electron chi connectivity index (χ2n) is 1.78. The summed E-state index contributed by atoms with van der Waals surface area (Å²) >= 11 is 0. The third kappa shape index (κ3) is 2.84. The van der Waals surface area contributed by atoms with E-state index in [1.54, 1.807) is 6.20 Å². The fourth-order valence-corrected chi connectivity index (χ4v) is 0.505. The predicted octanol–water partition coefficient (Wildman–Crippen LogP) is 0.976. The van der Waals surface area contributed by atoms with Gasteiger partial charge in [0.05, 0.1) is 11.9 Å². The van der Waals surface area contributed by atoms with Crippen LogP contribution in [0.4, 0.5) is 11.6 Å². The first-order valence-corrected chi connectivity index (χ1v) is 3.55. The van der Waals surface area contributed by atoms with Gasteiger partial charge in [-0.3, -0.25) is 0 Å². The normalized spacial score (nSPS) is 8.27. The van der Waals surface area contributed by atoms with Crippen molar-refractivity contribution in [2.24, 2.45) is 0 Å². The van der Waals surface area contributed by atoms with Crippen LogP contribution >= 0.6 is 0 Å². The molecule has 0 bridgehead atoms. The molecule has 11 heavy (non-hydrogen) atoms. The summed E-state index contributed by atoms with van der Waals surface area (Å²) < 4.78 is 0. The van der Waals surface area contributed by atoms with Crippen molar-refractivity contribution in [1.82, 2.24) is 9.97 Å². The first-order valence-electron chi connectivity index (χ1n) is 3.55. The molecule has 1 aromatic rings. The minimum Gasteiger partial charge on any atom is -0.381 e. The zero-order valence-corrected chi connectivity index (χ0v) is 7.13. The van der Waals surface area contributed by atoms with Gasteiger partial charge in [-0.15, -0.1) is 0 Å². The summed E-state index contributed by atoms with van der Waals surface area (Å²) in [6.45, 7) is 5.81. The largest absolute Gasteiger partial charge is 0.381 e. The predicted molar refractivity (Wildman–Crippen MR) is 46.9 cm³/mol. The van der Waals surface area contributed by atoms with Crippen LogP contribution in [0.5, 0.6) is 0 Å². The maximum Gasteiger partial charge on any atom is 0.166 e. The number of nitrogens with two attached hydrogens (primary N) is 2. The van der Waals surface area contributed by atoms with E-state index >= 15 is 0 Å². The van der Waals surface area contributed by atoms with Gasteiger partial charge >= 0.3 is 0 Å². The number of hydrogen-bond acceptors (Lipinski definition) is 4. The topological polar surface area (TPSA) is 77.8 Å². The van der Waals surface area contributed by atoms with Crippen molar-refractivity contribution in [2.45, 2.75) is 20.8 Å². The molecule has 4 nitrogen and oxygen atoms in total. The summed E-state index contributed by atoms with van der Waals surface area (Å²) in [4.78, 5) is 7.63. The van der Waals surface area contributed by atoms with Gasteiger partial charge < -0.3 is 11.5 Å². The monoisotopic (exact) mass is 154 g/mol. The molecular weight excluding hydrogens is 140 g/mol. The first kappa shape index (κ1) is 9.68. The summed E-state index contributed by atoms with van der Waals surface area (Å²) in [6.07, 6.45) is 1.58. The summed E-state index contributed by atoms with van der Waals surface area (Å²) in [6, 6.07) is 0. The quantitative estimate of drug-likeness (QED) is 0.583. The molecule has 1 heterocycles. The van der Waals surface area contributed by atoms with Crippen LogP contribution < -0.4 is 11.5 Å². The van der Waals surface area contributed by atoms with E-state index in [0.29, 0.717) is 11.6 Å². The van der Waals surface area contributed by atoms with Crippen LogP contribution in [0.25, 0.3) is 0 Å². The summed E-state index contributed by atoms with van der Waals surface area (Å²) in [5.41, 5.74) is 11.4. The molecule has 0 amide bonds. The first-order chi connectivity index (χ1) is 5.20. The molecule has 0 spiro atoms. The molecule has 0 saturated heterocycles. The molecule has 1 rings (SSSR count). The Hall–Kier alpha value is -1.32. The van der Waals surface area contributed by atoms with Crippen molar-refractivity contribution >= 4 is 11.6 Å². The van der Waals surface area contributed by atoms with Crippen LogP contribution in [0.15, 0.2) is 6.20 Å². The van der Waals surface area contributed by atoms with Crippen LogP contribution in [0, 0.1) is 6.92 Å². The standard InChI is InChI=1S/C5H8N4.C2H6/c1-3-2-8-4(6)5(7)9-3;1-2/h2H,1H3,(H2,6,8)(H2,7,9);1-2H3. The number of rotatable bonds is 0. The number of aromatic nitrogens is 2. The second kappa shape index (κ2) is 4.49. The van der Waals surface area contributed by atoms with Gasteiger partial charge in [-0.1, -0.05) is 13.8 Å². The molecule has 1 aromatic heterocycles. The van der Waals surface area contributed by atoms with Crippen LogP contribution in [-0.4, -0.2) is 9.97 Å². The molecule has 4 N–H and O–H groups in total. The van der Waals surface area contributed by atoms with Gasteiger partial charge in [0.1, 0.15) is 0 Å². The fraction of sp³-hybridized carbons (Fsp3) is 0.429. The Morgan fingerprint density at radius 2 is 1.73 bits per heavy atom. The lowest BCUT2D eigenvalue weighted by Gasteiger charge is -1.96. The number of hydrogen-bond donors (Lipinski definition) is 2. The highest BCUT2D eigenvalue weighted by Gasteiger charge is 1.93. The van der Waals surface area contributed by atoms with E-state index in [1.807, 2.05) is 20.8 Å². The van der Waals surface area contributed by atoms with E-state index in [-0.39, 0.29) is 0 Å². The van der Waals surface area contributed by atoms with Crippen LogP contribution in [0.1, 0.15) is 19.5 Å². The minimum absolute atomic E-state index is 0.292. The maximum atomic E-state index is 5.32. The van der Waals surface area contributed by atoms with Crippen molar-refractivity contribution in [3.05, 3.63) is 11.9 Å². The van der Waals surface area contributed by atoms with Gasteiger partial charge in [0, 0.05) is 0 Å². The fourth-order valence-electron chi connectivity index (χ4n) is 0.505. The van der Waals surface area contributed by atoms with E-state index < -0.39 is 0 Å². The van der Waals surface area contributed by atoms with E-state index in [2.05, 4.69) is 9.97 Å². The molecule has 0 aliphatic carbocycles. The molecule has 4 heteroatoms. The highest BCUT2D eigenvalue weighted by atomic mass is 15.0. The van der Waals surface area contributed by atoms with Crippen molar-refractivity contribution in [2.75, 3.05) is 11.5 Å². The number of nitrogen functional groups attached to an aromatic ring is 2. The third-order valence-electron chi connectivity index (χ3n) is 0.950. The number of nitrogens with zero attached hydrogens (tertiary/aromatic N) is 2. The highest BCUT2D eigenvalue weighted by Crippen LogP contribution is 2.05. The molecule has 0 aliphatic heterocycles. The van der Waals surface area contributed by atoms with Gasteiger partial charge in [-0.2, -0.15) is 0 Å². The van der Waals surface area contributed by atoms with Crippen LogP contribution in [-0.2, 0) is 0 Å². The zero-order chi connectivity index (χ0) is 8.85. The molecular formula is C7H14N4. The molecule has 0 saturated carbocycles. The molecule has 0 unspecified atom stereocenters. The zero-order valence-electron chi connectivity index (χ0n) is 7.13. The molecule has 0 fully saturated rings. The number of aryl methyl sites for hydroxylation is 1. The summed E-state index contributed by atoms with van der Waals surface area (Å²) in [5, 5.41) is 0. The Morgan fingerprint density at radius 3 is 2.09 bits per heavy atom. The van der Waals surface area contributed by atoms with Crippen molar-refractivity contribution in [3.63, 3.8) is 0 Å². The molecule has 0 aromatic carbocycles. The molecule has 62 valence electrons. The van der Waals surface area contributed by atoms with Crippen LogP contribution in [0.2, 0.25) is 0 Å². The summed E-state index contributed by atoms with van der Waals surface area (Å²) in [5.74, 6) is 0.593. The lowest BCUT2D eigenvalue weighted by molar-refractivity contribution is 1.14. The van der Waals surface area contributed by atoms with Crippen LogP contribution in [0.3, 0.4) is 0 Å².